The van der Waals surface area contributed by atoms with Gasteiger partial charge in [0.15, 0.2) is 0 Å². The van der Waals surface area contributed by atoms with E-state index >= 15 is 0 Å². The zero-order chi connectivity index (χ0) is 22.3. The Morgan fingerprint density at radius 1 is 0.424 bits per heavy atom. The average Bonchev–Trinajstić information content (AvgIpc) is 3.24. The van der Waals surface area contributed by atoms with Gasteiger partial charge in [-0.1, -0.05) is 116 Å². The minimum Gasteiger partial charge on any atom is -0.309 e. The fourth-order valence-corrected chi connectivity index (χ4v) is 8.74. The van der Waals surface area contributed by atoms with Crippen LogP contribution in [0.2, 0.25) is 6.55 Å². The van der Waals surface area contributed by atoms with Crippen molar-refractivity contribution in [2.75, 3.05) is 0 Å². The van der Waals surface area contributed by atoms with E-state index in [0.717, 1.165) is 0 Å². The summed E-state index contributed by atoms with van der Waals surface area (Å²) in [5.74, 6) is 0. The van der Waals surface area contributed by atoms with Crippen LogP contribution in [-0.2, 0) is 0 Å². The number of benzene rings is 5. The van der Waals surface area contributed by atoms with Crippen LogP contribution in [0.3, 0.4) is 0 Å². The van der Waals surface area contributed by atoms with E-state index in [9.17, 15) is 0 Å². The predicted octanol–water partition coefficient (Wildman–Crippen LogP) is 5.88. The largest absolute Gasteiger partial charge is 0.309 e. The Hall–Kier alpha value is -3.88. The molecule has 0 aliphatic carbocycles. The molecule has 0 unspecified atom stereocenters. The number of para-hydroxylation sites is 2. The van der Waals surface area contributed by atoms with Crippen LogP contribution in [0.1, 0.15) is 0 Å². The maximum absolute atomic E-state index is 2.47. The first-order valence-corrected chi connectivity index (χ1v) is 14.0. The van der Waals surface area contributed by atoms with E-state index in [1.165, 1.54) is 43.1 Å². The summed E-state index contributed by atoms with van der Waals surface area (Å²) in [4.78, 5) is 0. The van der Waals surface area contributed by atoms with E-state index in [2.05, 4.69) is 145 Å². The molecule has 0 N–H and O–H groups in total. The van der Waals surface area contributed by atoms with Gasteiger partial charge in [0.05, 0.1) is 11.0 Å². The van der Waals surface area contributed by atoms with Crippen LogP contribution >= 0.6 is 0 Å². The molecule has 6 aromatic rings. The van der Waals surface area contributed by atoms with Crippen molar-refractivity contribution in [2.45, 2.75) is 6.55 Å². The Labute approximate surface area is 195 Å². The first kappa shape index (κ1) is 19.8. The summed E-state index contributed by atoms with van der Waals surface area (Å²) in [6.07, 6.45) is 0. The normalized spacial score (nSPS) is 11.8. The highest BCUT2D eigenvalue weighted by atomic mass is 28.3. The standard InChI is InChI=1S/C31H25NSi/c1-33(25-12-4-2-5-13-25,26-14-6-3-7-15-26)27-22-20-24(21-23-27)32-30-18-10-8-16-28(30)29-17-9-11-19-31(29)32/h2-23H,1H3. The quantitative estimate of drug-likeness (QED) is 0.239. The second kappa shape index (κ2) is 7.91. The third-order valence-electron chi connectivity index (χ3n) is 6.99. The smallest absolute Gasteiger partial charge is 0.145 e. The highest BCUT2D eigenvalue weighted by molar-refractivity contribution is 7.10. The summed E-state index contributed by atoms with van der Waals surface area (Å²) >= 11 is 0. The molecule has 2 heteroatoms. The van der Waals surface area contributed by atoms with Crippen molar-refractivity contribution in [3.63, 3.8) is 0 Å². The Kier molecular flexibility index (Phi) is 4.74. The van der Waals surface area contributed by atoms with Gasteiger partial charge in [-0.05, 0) is 39.8 Å². The van der Waals surface area contributed by atoms with E-state index in [-0.39, 0.29) is 0 Å². The monoisotopic (exact) mass is 439 g/mol. The second-order valence-electron chi connectivity index (χ2n) is 8.77. The van der Waals surface area contributed by atoms with E-state index in [1.54, 1.807) is 0 Å². The molecule has 0 aliphatic heterocycles. The van der Waals surface area contributed by atoms with Crippen molar-refractivity contribution in [1.82, 2.24) is 4.57 Å². The molecular formula is C31H25NSi. The van der Waals surface area contributed by atoms with Gasteiger partial charge in [0, 0.05) is 16.5 Å². The lowest BCUT2D eigenvalue weighted by atomic mass is 10.2. The van der Waals surface area contributed by atoms with Crippen molar-refractivity contribution >= 4 is 45.4 Å². The van der Waals surface area contributed by atoms with Crippen LogP contribution < -0.4 is 15.6 Å². The van der Waals surface area contributed by atoms with Crippen LogP contribution in [-0.4, -0.2) is 12.6 Å². The number of aromatic nitrogens is 1. The van der Waals surface area contributed by atoms with Gasteiger partial charge in [0.25, 0.3) is 0 Å². The summed E-state index contributed by atoms with van der Waals surface area (Å²) in [5.41, 5.74) is 3.70. The van der Waals surface area contributed by atoms with Crippen LogP contribution in [0.15, 0.2) is 133 Å². The van der Waals surface area contributed by atoms with Crippen molar-refractivity contribution in [3.05, 3.63) is 133 Å². The molecule has 0 radical (unpaired) electrons. The fraction of sp³-hybridized carbons (Fsp3) is 0.0323. The molecule has 33 heavy (non-hydrogen) atoms. The molecular weight excluding hydrogens is 414 g/mol. The highest BCUT2D eigenvalue weighted by Gasteiger charge is 2.33. The molecule has 1 heterocycles. The molecule has 1 nitrogen and oxygen atoms in total. The Bertz CT molecular complexity index is 1450. The lowest BCUT2D eigenvalue weighted by Gasteiger charge is -2.29. The van der Waals surface area contributed by atoms with E-state index in [4.69, 9.17) is 0 Å². The average molecular weight is 440 g/mol. The molecule has 0 spiro atoms. The SMILES string of the molecule is C[Si](c1ccccc1)(c1ccccc1)c1ccc(-n2c3ccccc3c3ccccc32)cc1. The molecule has 0 saturated heterocycles. The molecule has 0 atom stereocenters. The number of hydrogen-bond acceptors (Lipinski definition) is 0. The van der Waals surface area contributed by atoms with Crippen molar-refractivity contribution in [1.29, 1.82) is 0 Å². The summed E-state index contributed by atoms with van der Waals surface area (Å²) in [7, 11) is -2.10. The zero-order valence-corrected chi connectivity index (χ0v) is 19.6. The predicted molar refractivity (Wildman–Crippen MR) is 144 cm³/mol. The summed E-state index contributed by atoms with van der Waals surface area (Å²) in [6.45, 7) is 2.47. The second-order valence-corrected chi connectivity index (χ2v) is 12.8. The lowest BCUT2D eigenvalue weighted by Crippen LogP contribution is -2.64. The van der Waals surface area contributed by atoms with E-state index in [0.29, 0.717) is 0 Å². The molecule has 0 bridgehead atoms. The van der Waals surface area contributed by atoms with Crippen molar-refractivity contribution < 1.29 is 0 Å². The Morgan fingerprint density at radius 2 is 0.818 bits per heavy atom. The molecule has 0 amide bonds. The number of fused-ring (bicyclic) bond motifs is 3. The maximum atomic E-state index is 2.47. The van der Waals surface area contributed by atoms with Gasteiger partial charge in [-0.3, -0.25) is 0 Å². The zero-order valence-electron chi connectivity index (χ0n) is 18.6. The van der Waals surface area contributed by atoms with Gasteiger partial charge in [-0.15, -0.1) is 0 Å². The van der Waals surface area contributed by atoms with Crippen LogP contribution in [0.25, 0.3) is 27.5 Å². The molecule has 158 valence electrons. The van der Waals surface area contributed by atoms with E-state index < -0.39 is 8.07 Å². The molecule has 0 saturated carbocycles. The first-order valence-electron chi connectivity index (χ1n) is 11.5. The van der Waals surface area contributed by atoms with Gasteiger partial charge in [-0.25, -0.2) is 0 Å². The molecule has 0 aliphatic rings. The maximum Gasteiger partial charge on any atom is 0.145 e. The molecule has 6 rings (SSSR count). The Morgan fingerprint density at radius 3 is 1.30 bits per heavy atom. The first-order chi connectivity index (χ1) is 16.3. The molecule has 1 aromatic heterocycles. The molecule has 5 aromatic carbocycles. The third-order valence-corrected chi connectivity index (χ3v) is 11.4. The van der Waals surface area contributed by atoms with E-state index in [1.807, 2.05) is 0 Å². The van der Waals surface area contributed by atoms with Crippen LogP contribution in [0.4, 0.5) is 0 Å². The minimum atomic E-state index is -2.10. The number of rotatable bonds is 4. The number of hydrogen-bond donors (Lipinski definition) is 0. The van der Waals surface area contributed by atoms with Gasteiger partial charge < -0.3 is 4.57 Å². The van der Waals surface area contributed by atoms with Crippen molar-refractivity contribution in [3.8, 4) is 5.69 Å². The van der Waals surface area contributed by atoms with Gasteiger partial charge in [-0.2, -0.15) is 0 Å². The van der Waals surface area contributed by atoms with Gasteiger partial charge in [0.2, 0.25) is 0 Å². The molecule has 0 fully saturated rings. The third kappa shape index (κ3) is 3.14. The summed E-state index contributed by atoms with van der Waals surface area (Å²) < 4.78 is 2.39. The fourth-order valence-electron chi connectivity index (χ4n) is 5.19. The van der Waals surface area contributed by atoms with Gasteiger partial charge in [0.1, 0.15) is 8.07 Å². The van der Waals surface area contributed by atoms with Crippen molar-refractivity contribution in [2.24, 2.45) is 0 Å². The van der Waals surface area contributed by atoms with Gasteiger partial charge >= 0.3 is 0 Å². The lowest BCUT2D eigenvalue weighted by molar-refractivity contribution is 1.18. The summed E-state index contributed by atoms with van der Waals surface area (Å²) in [6, 6.07) is 48.7. The van der Waals surface area contributed by atoms with Crippen LogP contribution in [0, 0.1) is 0 Å². The highest BCUT2D eigenvalue weighted by Crippen LogP contribution is 2.31. The Balaban J connectivity index is 1.54. The summed E-state index contributed by atoms with van der Waals surface area (Å²) in [5, 5.41) is 6.88. The minimum absolute atomic E-state index is 1.20. The topological polar surface area (TPSA) is 4.93 Å². The number of nitrogens with zero attached hydrogens (tertiary/aromatic N) is 1. The van der Waals surface area contributed by atoms with Crippen LogP contribution in [0.5, 0.6) is 0 Å².